The molecule has 2 aromatic heterocycles. The lowest BCUT2D eigenvalue weighted by atomic mass is 9.97. The van der Waals surface area contributed by atoms with Crippen LogP contribution in [0.25, 0.3) is 10.2 Å². The van der Waals surface area contributed by atoms with Gasteiger partial charge in [-0.15, -0.1) is 11.3 Å². The van der Waals surface area contributed by atoms with Crippen molar-refractivity contribution >= 4 is 50.7 Å². The van der Waals surface area contributed by atoms with E-state index in [1.54, 1.807) is 18.3 Å². The fourth-order valence-corrected chi connectivity index (χ4v) is 5.39. The second kappa shape index (κ2) is 7.83. The Morgan fingerprint density at radius 2 is 1.97 bits per heavy atom. The zero-order valence-corrected chi connectivity index (χ0v) is 17.0. The van der Waals surface area contributed by atoms with Gasteiger partial charge in [-0.3, -0.25) is 4.79 Å². The number of hydrogen-bond acceptors (Lipinski definition) is 6. The average Bonchev–Trinajstić information content (AvgIpc) is 3.07. The van der Waals surface area contributed by atoms with Gasteiger partial charge in [0.05, 0.1) is 16.3 Å². The van der Waals surface area contributed by atoms with E-state index in [0.29, 0.717) is 11.0 Å². The van der Waals surface area contributed by atoms with Gasteiger partial charge >= 0.3 is 0 Å². The molecule has 4 rings (SSSR count). The van der Waals surface area contributed by atoms with Crippen molar-refractivity contribution in [3.63, 3.8) is 0 Å². The quantitative estimate of drug-likeness (QED) is 0.351. The molecule has 0 radical (unpaired) electrons. The first-order valence-corrected chi connectivity index (χ1v) is 10.7. The summed E-state index contributed by atoms with van der Waals surface area (Å²) in [6, 6.07) is 1.72. The van der Waals surface area contributed by atoms with E-state index in [0.717, 1.165) is 59.8 Å². The maximum absolute atomic E-state index is 13.8. The van der Waals surface area contributed by atoms with Gasteiger partial charge in [-0.2, -0.15) is 0 Å². The normalized spacial score (nSPS) is 14.6. The van der Waals surface area contributed by atoms with Crippen LogP contribution >= 0.6 is 23.1 Å². The summed E-state index contributed by atoms with van der Waals surface area (Å²) in [5.41, 5.74) is 6.97. The molecule has 10 heteroatoms. The molecule has 5 nitrogen and oxygen atoms in total. The number of nitrogens with zero attached hydrogens (tertiary/aromatic N) is 2. The minimum absolute atomic E-state index is 0.335. The van der Waals surface area contributed by atoms with Crippen LogP contribution in [0.4, 0.5) is 24.7 Å². The number of carbonyl (C=O) groups is 1. The fourth-order valence-electron chi connectivity index (χ4n) is 3.29. The van der Waals surface area contributed by atoms with Crippen LogP contribution in [0.1, 0.15) is 30.2 Å². The van der Waals surface area contributed by atoms with Gasteiger partial charge in [-0.25, -0.2) is 23.1 Å². The highest BCUT2D eigenvalue weighted by molar-refractivity contribution is 8.00. The number of nitrogen functional groups attached to an aromatic ring is 1. The Hall–Kier alpha value is -2.33. The zero-order valence-electron chi connectivity index (χ0n) is 15.4. The third kappa shape index (κ3) is 3.78. The largest absolute Gasteiger partial charge is 0.383 e. The summed E-state index contributed by atoms with van der Waals surface area (Å²) in [6.07, 6.45) is 4.24. The van der Waals surface area contributed by atoms with E-state index in [2.05, 4.69) is 15.3 Å². The summed E-state index contributed by atoms with van der Waals surface area (Å²) in [5, 5.41) is 2.78. The van der Waals surface area contributed by atoms with Crippen LogP contribution in [-0.4, -0.2) is 21.1 Å². The number of aromatic nitrogens is 2. The summed E-state index contributed by atoms with van der Waals surface area (Å²) in [5.74, 6) is -4.60. The number of nitrogens with two attached hydrogens (primary N) is 1. The molecule has 3 aromatic rings. The second-order valence-electron chi connectivity index (χ2n) is 6.75. The van der Waals surface area contributed by atoms with Gasteiger partial charge < -0.3 is 11.1 Å². The van der Waals surface area contributed by atoms with Crippen molar-refractivity contribution in [1.82, 2.24) is 9.97 Å². The Bertz CT molecular complexity index is 1120. The Morgan fingerprint density at radius 1 is 1.21 bits per heavy atom. The Balaban J connectivity index is 1.53. The van der Waals surface area contributed by atoms with Gasteiger partial charge in [0.25, 0.3) is 0 Å². The number of nitrogens with one attached hydrogen (secondary N) is 1. The first kappa shape index (κ1) is 20.0. The number of fused-ring (bicyclic) bond motifs is 3. The number of aryl methyl sites for hydroxylation is 2. The Morgan fingerprint density at radius 3 is 2.76 bits per heavy atom. The summed E-state index contributed by atoms with van der Waals surface area (Å²) in [6.45, 7) is 1.58. The monoisotopic (exact) mass is 438 g/mol. The standard InChI is InChI=1S/C19H17F3N4OS2/c1-8(17(27)24-11-7-6-10(20)14(21)15(11)22)28-19-25-16(23)13-9-4-2-3-5-12(9)29-18(13)26-19/h6-8H,2-5H2,1H3,(H,24,27)(H2,23,25,26). The van der Waals surface area contributed by atoms with E-state index < -0.39 is 34.3 Å². The van der Waals surface area contributed by atoms with E-state index in [4.69, 9.17) is 5.73 Å². The van der Waals surface area contributed by atoms with Crippen LogP contribution in [0, 0.1) is 17.5 Å². The van der Waals surface area contributed by atoms with E-state index in [-0.39, 0.29) is 0 Å². The van der Waals surface area contributed by atoms with E-state index in [9.17, 15) is 18.0 Å². The Labute approximate surface area is 172 Å². The predicted octanol–water partition coefficient (Wildman–Crippen LogP) is 4.69. The van der Waals surface area contributed by atoms with Gasteiger partial charge in [-0.1, -0.05) is 11.8 Å². The lowest BCUT2D eigenvalue weighted by Gasteiger charge is -2.13. The summed E-state index contributed by atoms with van der Waals surface area (Å²) >= 11 is 2.66. The molecule has 1 aromatic carbocycles. The molecule has 1 amide bonds. The first-order chi connectivity index (χ1) is 13.8. The minimum Gasteiger partial charge on any atom is -0.383 e. The molecular formula is C19H17F3N4OS2. The molecule has 1 unspecified atom stereocenters. The number of rotatable bonds is 4. The number of carbonyl (C=O) groups excluding carboxylic acids is 1. The number of amides is 1. The number of thiophene rings is 1. The van der Waals surface area contributed by atoms with Gasteiger partial charge in [0.2, 0.25) is 5.91 Å². The highest BCUT2D eigenvalue weighted by atomic mass is 32.2. The van der Waals surface area contributed by atoms with Crippen molar-refractivity contribution in [2.75, 3.05) is 11.1 Å². The van der Waals surface area contributed by atoms with Crippen molar-refractivity contribution in [2.24, 2.45) is 0 Å². The second-order valence-corrected chi connectivity index (χ2v) is 9.15. The summed E-state index contributed by atoms with van der Waals surface area (Å²) < 4.78 is 40.2. The molecule has 29 heavy (non-hydrogen) atoms. The van der Waals surface area contributed by atoms with Crippen LogP contribution in [0.5, 0.6) is 0 Å². The number of benzene rings is 1. The number of halogens is 3. The molecule has 0 saturated heterocycles. The molecule has 1 atom stereocenters. The molecule has 0 saturated carbocycles. The molecule has 0 aliphatic heterocycles. The smallest absolute Gasteiger partial charge is 0.237 e. The molecule has 0 spiro atoms. The molecule has 2 heterocycles. The molecule has 1 aliphatic rings. The van der Waals surface area contributed by atoms with Crippen molar-refractivity contribution in [1.29, 1.82) is 0 Å². The van der Waals surface area contributed by atoms with Gasteiger partial charge in [0, 0.05) is 4.88 Å². The maximum atomic E-state index is 13.8. The van der Waals surface area contributed by atoms with Crippen LogP contribution in [-0.2, 0) is 17.6 Å². The topological polar surface area (TPSA) is 80.9 Å². The predicted molar refractivity (Wildman–Crippen MR) is 109 cm³/mol. The van der Waals surface area contributed by atoms with Gasteiger partial charge in [0.1, 0.15) is 10.6 Å². The van der Waals surface area contributed by atoms with Crippen LogP contribution in [0.2, 0.25) is 0 Å². The number of hydrogen-bond donors (Lipinski definition) is 2. The molecule has 0 bridgehead atoms. The molecule has 0 fully saturated rings. The first-order valence-electron chi connectivity index (χ1n) is 9.04. The number of thioether (sulfide) groups is 1. The fraction of sp³-hybridized carbons (Fsp3) is 0.316. The van der Waals surface area contributed by atoms with Crippen molar-refractivity contribution < 1.29 is 18.0 Å². The van der Waals surface area contributed by atoms with Crippen LogP contribution < -0.4 is 11.1 Å². The van der Waals surface area contributed by atoms with Crippen LogP contribution in [0.15, 0.2) is 17.3 Å². The van der Waals surface area contributed by atoms with Gasteiger partial charge in [0.15, 0.2) is 22.6 Å². The SMILES string of the molecule is CC(Sc1nc(N)c2c3c(sc2n1)CCCC3)C(=O)Nc1ccc(F)c(F)c1F. The molecule has 1 aliphatic carbocycles. The van der Waals surface area contributed by atoms with Crippen LogP contribution in [0.3, 0.4) is 0 Å². The lowest BCUT2D eigenvalue weighted by Crippen LogP contribution is -2.23. The molecule has 3 N–H and O–H groups in total. The maximum Gasteiger partial charge on any atom is 0.237 e. The average molecular weight is 439 g/mol. The lowest BCUT2D eigenvalue weighted by molar-refractivity contribution is -0.115. The summed E-state index contributed by atoms with van der Waals surface area (Å²) in [4.78, 5) is 23.3. The van der Waals surface area contributed by atoms with Crippen molar-refractivity contribution in [3.8, 4) is 0 Å². The Kier molecular flexibility index (Phi) is 5.39. The third-order valence-electron chi connectivity index (χ3n) is 4.77. The molecular weight excluding hydrogens is 421 g/mol. The third-order valence-corrected chi connectivity index (χ3v) is 6.91. The molecule has 152 valence electrons. The minimum atomic E-state index is -1.63. The summed E-state index contributed by atoms with van der Waals surface area (Å²) in [7, 11) is 0. The van der Waals surface area contributed by atoms with Gasteiger partial charge in [-0.05, 0) is 50.3 Å². The highest BCUT2D eigenvalue weighted by Gasteiger charge is 2.23. The van der Waals surface area contributed by atoms with Crippen molar-refractivity contribution in [2.45, 2.75) is 43.0 Å². The van der Waals surface area contributed by atoms with E-state index in [1.807, 2.05) is 0 Å². The van der Waals surface area contributed by atoms with E-state index >= 15 is 0 Å². The zero-order chi connectivity index (χ0) is 20.7. The van der Waals surface area contributed by atoms with Crippen molar-refractivity contribution in [3.05, 3.63) is 40.0 Å². The number of anilines is 2. The van der Waals surface area contributed by atoms with E-state index in [1.165, 1.54) is 10.4 Å². The highest BCUT2D eigenvalue weighted by Crippen LogP contribution is 2.39.